The van der Waals surface area contributed by atoms with Crippen molar-refractivity contribution in [2.24, 2.45) is 4.99 Å². The molecule has 4 rings (SSSR count). The number of halogens is 3. The summed E-state index contributed by atoms with van der Waals surface area (Å²) in [5, 5.41) is 10.3. The average molecular weight is 651 g/mol. The SMILES string of the molecule is CCN1C(=O)/C(=C/c2cc(Br)c(OCc3ccc(Cl)cc3)c(Br)c2)SC1=Nc1ccc(C(=O)O)cc1. The van der Waals surface area contributed by atoms with Gasteiger partial charge in [-0.3, -0.25) is 9.69 Å². The highest BCUT2D eigenvalue weighted by Crippen LogP contribution is 2.38. The van der Waals surface area contributed by atoms with Gasteiger partial charge in [-0.25, -0.2) is 9.79 Å². The number of carbonyl (C=O) groups is 2. The zero-order valence-electron chi connectivity index (χ0n) is 18.9. The number of thioether (sulfide) groups is 1. The predicted molar refractivity (Wildman–Crippen MR) is 151 cm³/mol. The molecule has 0 saturated carbocycles. The largest absolute Gasteiger partial charge is 0.487 e. The first-order valence-corrected chi connectivity index (χ1v) is 13.5. The van der Waals surface area contributed by atoms with E-state index in [0.717, 1.165) is 20.1 Å². The van der Waals surface area contributed by atoms with Crippen molar-refractivity contribution in [3.63, 3.8) is 0 Å². The first-order valence-electron chi connectivity index (χ1n) is 10.7. The van der Waals surface area contributed by atoms with E-state index in [4.69, 9.17) is 21.4 Å². The summed E-state index contributed by atoms with van der Waals surface area (Å²) in [4.78, 5) is 30.8. The molecule has 0 radical (unpaired) electrons. The van der Waals surface area contributed by atoms with Gasteiger partial charge >= 0.3 is 5.97 Å². The van der Waals surface area contributed by atoms with Crippen molar-refractivity contribution >= 4 is 84.0 Å². The number of carboxylic acid groups (broad SMARTS) is 1. The fraction of sp³-hybridized carbons (Fsp3) is 0.115. The third-order valence-electron chi connectivity index (χ3n) is 5.16. The molecule has 0 unspecified atom stereocenters. The van der Waals surface area contributed by atoms with E-state index in [2.05, 4.69) is 36.9 Å². The summed E-state index contributed by atoms with van der Waals surface area (Å²) in [6.45, 7) is 2.71. The summed E-state index contributed by atoms with van der Waals surface area (Å²) < 4.78 is 7.47. The van der Waals surface area contributed by atoms with Crippen molar-refractivity contribution in [2.45, 2.75) is 13.5 Å². The third-order valence-corrected chi connectivity index (χ3v) is 7.59. The first-order chi connectivity index (χ1) is 17.2. The highest BCUT2D eigenvalue weighted by atomic mass is 79.9. The fourth-order valence-corrected chi connectivity index (χ4v) is 5.99. The molecular formula is C26H19Br2ClN2O4S. The molecule has 1 fully saturated rings. The van der Waals surface area contributed by atoms with E-state index in [0.29, 0.717) is 39.7 Å². The van der Waals surface area contributed by atoms with Crippen LogP contribution in [0.4, 0.5) is 5.69 Å². The minimum atomic E-state index is -1.00. The van der Waals surface area contributed by atoms with Gasteiger partial charge in [0.25, 0.3) is 5.91 Å². The van der Waals surface area contributed by atoms with Crippen molar-refractivity contribution in [3.05, 3.63) is 96.2 Å². The number of carbonyl (C=O) groups excluding carboxylic acids is 1. The van der Waals surface area contributed by atoms with Crippen LogP contribution < -0.4 is 4.74 Å². The van der Waals surface area contributed by atoms with Gasteiger partial charge in [-0.1, -0.05) is 23.7 Å². The molecule has 3 aromatic rings. The Morgan fingerprint density at radius 1 is 1.11 bits per heavy atom. The van der Waals surface area contributed by atoms with E-state index in [1.54, 1.807) is 17.0 Å². The maximum atomic E-state index is 13.0. The van der Waals surface area contributed by atoms with E-state index < -0.39 is 5.97 Å². The number of aromatic carboxylic acids is 1. The Balaban J connectivity index is 1.54. The molecule has 10 heteroatoms. The number of ether oxygens (including phenoxy) is 1. The average Bonchev–Trinajstić information content (AvgIpc) is 3.13. The number of aliphatic imine (C=N–C) groups is 1. The van der Waals surface area contributed by atoms with Crippen LogP contribution in [0.2, 0.25) is 5.02 Å². The van der Waals surface area contributed by atoms with Crippen molar-refractivity contribution in [3.8, 4) is 5.75 Å². The second-order valence-electron chi connectivity index (χ2n) is 7.64. The van der Waals surface area contributed by atoms with Crippen molar-refractivity contribution < 1.29 is 19.4 Å². The van der Waals surface area contributed by atoms with Gasteiger partial charge in [-0.2, -0.15) is 0 Å². The normalized spacial score (nSPS) is 15.7. The van der Waals surface area contributed by atoms with Gasteiger partial charge in [-0.05, 0) is 116 Å². The summed E-state index contributed by atoms with van der Waals surface area (Å²) in [6.07, 6.45) is 1.81. The van der Waals surface area contributed by atoms with Gasteiger partial charge in [-0.15, -0.1) is 0 Å². The van der Waals surface area contributed by atoms with Gasteiger partial charge in [0, 0.05) is 11.6 Å². The molecule has 1 N–H and O–H groups in total. The van der Waals surface area contributed by atoms with Crippen LogP contribution >= 0.6 is 55.2 Å². The molecule has 0 aliphatic carbocycles. The molecule has 1 aliphatic rings. The van der Waals surface area contributed by atoms with Crippen LogP contribution in [0.1, 0.15) is 28.4 Å². The molecule has 0 aromatic heterocycles. The number of hydrogen-bond acceptors (Lipinski definition) is 5. The summed E-state index contributed by atoms with van der Waals surface area (Å²) in [5.41, 5.74) is 2.55. The number of benzene rings is 3. The Kier molecular flexibility index (Phi) is 8.56. The quantitative estimate of drug-likeness (QED) is 0.265. The van der Waals surface area contributed by atoms with Crippen LogP contribution in [-0.4, -0.2) is 33.6 Å². The Bertz CT molecular complexity index is 1350. The minimum Gasteiger partial charge on any atom is -0.487 e. The lowest BCUT2D eigenvalue weighted by Crippen LogP contribution is -2.28. The smallest absolute Gasteiger partial charge is 0.335 e. The lowest BCUT2D eigenvalue weighted by atomic mass is 10.2. The lowest BCUT2D eigenvalue weighted by Gasteiger charge is -2.12. The highest BCUT2D eigenvalue weighted by Gasteiger charge is 2.32. The molecule has 1 heterocycles. The number of likely N-dealkylation sites (N-methyl/N-ethyl adjacent to an activating group) is 1. The Labute approximate surface area is 234 Å². The lowest BCUT2D eigenvalue weighted by molar-refractivity contribution is -0.122. The second kappa shape index (κ2) is 11.6. The molecule has 0 atom stereocenters. The predicted octanol–water partition coefficient (Wildman–Crippen LogP) is 7.77. The van der Waals surface area contributed by atoms with E-state index in [1.807, 2.05) is 49.4 Å². The zero-order chi connectivity index (χ0) is 25.8. The molecule has 3 aromatic carbocycles. The molecule has 0 spiro atoms. The second-order valence-corrected chi connectivity index (χ2v) is 10.8. The minimum absolute atomic E-state index is 0.140. The maximum Gasteiger partial charge on any atom is 0.335 e. The summed E-state index contributed by atoms with van der Waals surface area (Å²) in [7, 11) is 0. The highest BCUT2D eigenvalue weighted by molar-refractivity contribution is 9.11. The summed E-state index contributed by atoms with van der Waals surface area (Å²) in [5.74, 6) is -0.489. The molecule has 0 bridgehead atoms. The number of rotatable bonds is 7. The number of nitrogens with zero attached hydrogens (tertiary/aromatic N) is 2. The monoisotopic (exact) mass is 648 g/mol. The molecule has 1 saturated heterocycles. The molecule has 6 nitrogen and oxygen atoms in total. The van der Waals surface area contributed by atoms with Crippen molar-refractivity contribution in [1.29, 1.82) is 0 Å². The van der Waals surface area contributed by atoms with E-state index in [-0.39, 0.29) is 11.5 Å². The Morgan fingerprint density at radius 2 is 1.75 bits per heavy atom. The topological polar surface area (TPSA) is 79.2 Å². The fourth-order valence-electron chi connectivity index (χ4n) is 3.35. The van der Waals surface area contributed by atoms with Gasteiger partial charge < -0.3 is 9.84 Å². The molecule has 1 amide bonds. The van der Waals surface area contributed by atoms with Gasteiger partial charge in [0.2, 0.25) is 0 Å². The molecule has 1 aliphatic heterocycles. The van der Waals surface area contributed by atoms with Gasteiger partial charge in [0.05, 0.1) is 25.1 Å². The number of amidine groups is 1. The van der Waals surface area contributed by atoms with Crippen molar-refractivity contribution in [1.82, 2.24) is 4.90 Å². The molecule has 184 valence electrons. The van der Waals surface area contributed by atoms with Crippen LogP contribution in [0.25, 0.3) is 6.08 Å². The number of amides is 1. The Morgan fingerprint density at radius 3 is 2.33 bits per heavy atom. The maximum absolute atomic E-state index is 13.0. The van der Waals surface area contributed by atoms with Gasteiger partial charge in [0.15, 0.2) is 5.17 Å². The number of hydrogen-bond donors (Lipinski definition) is 1. The van der Waals surface area contributed by atoms with Crippen LogP contribution in [0.15, 0.2) is 79.5 Å². The van der Waals surface area contributed by atoms with Crippen LogP contribution in [-0.2, 0) is 11.4 Å². The van der Waals surface area contributed by atoms with Gasteiger partial charge in [0.1, 0.15) is 12.4 Å². The Hall–Kier alpha value is -2.59. The first kappa shape index (κ1) is 26.5. The third kappa shape index (κ3) is 6.21. The zero-order valence-corrected chi connectivity index (χ0v) is 23.6. The van der Waals surface area contributed by atoms with E-state index >= 15 is 0 Å². The molecular weight excluding hydrogens is 632 g/mol. The molecule has 36 heavy (non-hydrogen) atoms. The van der Waals surface area contributed by atoms with Crippen LogP contribution in [0.5, 0.6) is 5.75 Å². The van der Waals surface area contributed by atoms with Crippen LogP contribution in [0.3, 0.4) is 0 Å². The van der Waals surface area contributed by atoms with E-state index in [1.165, 1.54) is 23.9 Å². The standard InChI is InChI=1S/C26H19Br2ClN2O4S/c1-2-31-24(32)22(36-26(31)30-19-9-5-17(6-10-19)25(33)34)13-16-11-20(27)23(21(28)12-16)35-14-15-3-7-18(29)8-4-15/h3-13H,2,14H2,1H3,(H,33,34)/b22-13-,30-26?. The van der Waals surface area contributed by atoms with Crippen molar-refractivity contribution in [2.75, 3.05) is 6.54 Å². The summed E-state index contributed by atoms with van der Waals surface area (Å²) in [6, 6.07) is 17.4. The number of carboxylic acids is 1. The summed E-state index contributed by atoms with van der Waals surface area (Å²) >= 11 is 14.4. The van der Waals surface area contributed by atoms with Crippen LogP contribution in [0, 0.1) is 0 Å². The van der Waals surface area contributed by atoms with E-state index in [9.17, 15) is 9.59 Å².